The van der Waals surface area contributed by atoms with Crippen molar-refractivity contribution in [1.29, 1.82) is 0 Å². The monoisotopic (exact) mass is 590 g/mol. The molecule has 0 aliphatic rings. The maximum atomic E-state index is 14.4. The Morgan fingerprint density at radius 3 is 2.64 bits per heavy atom. The van der Waals surface area contributed by atoms with Crippen molar-refractivity contribution in [3.63, 3.8) is 0 Å². The molecule has 218 valence electrons. The average Bonchev–Trinajstić information content (AvgIpc) is 3.61. The molecule has 9 nitrogen and oxygen atoms in total. The molecule has 0 unspecified atom stereocenters. The maximum Gasteiger partial charge on any atom is 0.408 e. The van der Waals surface area contributed by atoms with Crippen molar-refractivity contribution >= 4 is 27.5 Å². The zero-order chi connectivity index (χ0) is 30.0. The molecule has 0 aliphatic carbocycles. The number of nitrogens with zero attached hydrogens (tertiary/aromatic N) is 2. The van der Waals surface area contributed by atoms with Gasteiger partial charge in [-0.25, -0.2) is 14.2 Å². The first-order chi connectivity index (χ1) is 20.1. The number of aliphatic hydroxyl groups excluding tert-OH is 1. The van der Waals surface area contributed by atoms with E-state index in [0.717, 1.165) is 10.1 Å². The molecule has 3 heterocycles. The van der Waals surface area contributed by atoms with Gasteiger partial charge in [0.15, 0.2) is 0 Å². The summed E-state index contributed by atoms with van der Waals surface area (Å²) in [4.78, 5) is 17.4. The van der Waals surface area contributed by atoms with E-state index in [1.165, 1.54) is 23.5 Å². The minimum absolute atomic E-state index is 0.0246. The lowest BCUT2D eigenvalue weighted by Gasteiger charge is -2.21. The Kier molecular flexibility index (Phi) is 8.15. The van der Waals surface area contributed by atoms with Gasteiger partial charge in [0.2, 0.25) is 0 Å². The molecule has 0 spiro atoms. The standard InChI is InChI=1S/C31H31FN4O5S/c1-17(33-30(39)41-31(2,3)4)22-16-23(36-35-22)28-26(20-10-9-18(32)15-25(20)40-13-12-37)29-21(11-14-42-29)27(34-28)19-7-5-6-8-24(19)38/h5-11,14-17,37-38H,12-13H2,1-4H3,(H,33,39)(H,35,36)/t17-/m1/s1. The molecule has 0 radical (unpaired) electrons. The number of aromatic hydroxyl groups is 1. The van der Waals surface area contributed by atoms with Gasteiger partial charge in [-0.1, -0.05) is 12.1 Å². The molecule has 11 heteroatoms. The quantitative estimate of drug-likeness (QED) is 0.156. The van der Waals surface area contributed by atoms with Gasteiger partial charge in [-0.15, -0.1) is 11.3 Å². The van der Waals surface area contributed by atoms with Crippen LogP contribution >= 0.6 is 11.3 Å². The first-order valence-electron chi connectivity index (χ1n) is 13.3. The SMILES string of the molecule is C[C@@H](NC(=O)OC(C)(C)C)c1cc(-c2nc(-c3ccccc3O)c3ccsc3c2-c2ccc(F)cc2OCCO)n[nH]1. The number of benzene rings is 2. The second-order valence-electron chi connectivity index (χ2n) is 10.7. The third-order valence-corrected chi connectivity index (χ3v) is 7.30. The molecule has 0 saturated heterocycles. The lowest BCUT2D eigenvalue weighted by molar-refractivity contribution is 0.0507. The van der Waals surface area contributed by atoms with Gasteiger partial charge in [-0.2, -0.15) is 5.10 Å². The number of fused-ring (bicyclic) bond motifs is 1. The number of alkyl carbamates (subject to hydrolysis) is 1. The highest BCUT2D eigenvalue weighted by molar-refractivity contribution is 7.18. The molecule has 1 atom stereocenters. The van der Waals surface area contributed by atoms with Gasteiger partial charge in [-0.05, 0) is 69.5 Å². The van der Waals surface area contributed by atoms with Crippen LogP contribution in [0.1, 0.15) is 39.4 Å². The molecular weight excluding hydrogens is 559 g/mol. The molecule has 42 heavy (non-hydrogen) atoms. The number of carbonyl (C=O) groups excluding carboxylic acids is 1. The largest absolute Gasteiger partial charge is 0.507 e. The smallest absolute Gasteiger partial charge is 0.408 e. The van der Waals surface area contributed by atoms with Gasteiger partial charge in [0.1, 0.15) is 40.9 Å². The van der Waals surface area contributed by atoms with Gasteiger partial charge < -0.3 is 25.0 Å². The Morgan fingerprint density at radius 1 is 1.12 bits per heavy atom. The van der Waals surface area contributed by atoms with Crippen LogP contribution < -0.4 is 10.1 Å². The fraction of sp³-hybridized carbons (Fsp3) is 0.258. The number of amides is 1. The van der Waals surface area contributed by atoms with Gasteiger partial charge in [0.25, 0.3) is 0 Å². The lowest BCUT2D eigenvalue weighted by Crippen LogP contribution is -2.34. The van der Waals surface area contributed by atoms with E-state index in [2.05, 4.69) is 15.5 Å². The van der Waals surface area contributed by atoms with E-state index in [9.17, 15) is 19.4 Å². The summed E-state index contributed by atoms with van der Waals surface area (Å²) < 4.78 is 26.3. The van der Waals surface area contributed by atoms with Crippen molar-refractivity contribution in [3.8, 4) is 45.3 Å². The molecule has 5 aromatic rings. The average molecular weight is 591 g/mol. The van der Waals surface area contributed by atoms with Crippen molar-refractivity contribution in [2.45, 2.75) is 39.3 Å². The highest BCUT2D eigenvalue weighted by Crippen LogP contribution is 2.46. The van der Waals surface area contributed by atoms with E-state index in [-0.39, 0.29) is 24.7 Å². The van der Waals surface area contributed by atoms with Crippen LogP contribution in [0.4, 0.5) is 9.18 Å². The predicted molar refractivity (Wildman–Crippen MR) is 160 cm³/mol. The maximum absolute atomic E-state index is 14.4. The molecule has 0 fully saturated rings. The number of aliphatic hydroxyl groups is 1. The number of rotatable bonds is 8. The number of aromatic amines is 1. The van der Waals surface area contributed by atoms with E-state index < -0.39 is 23.6 Å². The topological polar surface area (TPSA) is 130 Å². The molecule has 1 amide bonds. The van der Waals surface area contributed by atoms with Crippen LogP contribution in [0.5, 0.6) is 11.5 Å². The van der Waals surface area contributed by atoms with Crippen LogP contribution in [0.2, 0.25) is 0 Å². The zero-order valence-electron chi connectivity index (χ0n) is 23.6. The summed E-state index contributed by atoms with van der Waals surface area (Å²) in [6.45, 7) is 6.89. The van der Waals surface area contributed by atoms with Gasteiger partial charge in [-0.3, -0.25) is 5.10 Å². The van der Waals surface area contributed by atoms with Gasteiger partial charge in [0, 0.05) is 32.8 Å². The molecule has 0 bridgehead atoms. The number of nitrogens with one attached hydrogen (secondary N) is 2. The number of pyridine rings is 1. The molecule has 0 aliphatic heterocycles. The number of carbonyl (C=O) groups is 1. The number of halogens is 1. The van der Waals surface area contributed by atoms with E-state index >= 15 is 0 Å². The Morgan fingerprint density at radius 2 is 1.90 bits per heavy atom. The predicted octanol–water partition coefficient (Wildman–Crippen LogP) is 6.82. The minimum Gasteiger partial charge on any atom is -0.507 e. The zero-order valence-corrected chi connectivity index (χ0v) is 24.4. The summed E-state index contributed by atoms with van der Waals surface area (Å²) in [7, 11) is 0. The fourth-order valence-corrected chi connectivity index (χ4v) is 5.52. The van der Waals surface area contributed by atoms with Crippen LogP contribution in [0.3, 0.4) is 0 Å². The normalized spacial score (nSPS) is 12.3. The Hall–Kier alpha value is -4.48. The molecule has 3 aromatic heterocycles. The van der Waals surface area contributed by atoms with Crippen LogP contribution in [0, 0.1) is 5.82 Å². The van der Waals surface area contributed by atoms with E-state index in [0.29, 0.717) is 39.5 Å². The third-order valence-electron chi connectivity index (χ3n) is 6.37. The molecule has 5 rings (SSSR count). The van der Waals surface area contributed by atoms with Crippen LogP contribution in [0.15, 0.2) is 60.0 Å². The first kappa shape index (κ1) is 29.0. The van der Waals surface area contributed by atoms with Crippen molar-refractivity contribution in [2.75, 3.05) is 13.2 Å². The highest BCUT2D eigenvalue weighted by Gasteiger charge is 2.25. The van der Waals surface area contributed by atoms with Crippen molar-refractivity contribution in [1.82, 2.24) is 20.5 Å². The Balaban J connectivity index is 1.70. The first-order valence-corrected chi connectivity index (χ1v) is 14.2. The highest BCUT2D eigenvalue weighted by atomic mass is 32.1. The van der Waals surface area contributed by atoms with Crippen molar-refractivity contribution in [3.05, 3.63) is 71.5 Å². The Bertz CT molecular complexity index is 1740. The molecule has 2 aromatic carbocycles. The number of aromatic nitrogens is 3. The summed E-state index contributed by atoms with van der Waals surface area (Å²) in [5, 5.41) is 33.2. The molecular formula is C31H31FN4O5S. The number of hydrogen-bond donors (Lipinski definition) is 4. The molecule has 4 N–H and O–H groups in total. The Labute approximate surface area is 246 Å². The lowest BCUT2D eigenvalue weighted by atomic mass is 9.96. The second-order valence-corrected chi connectivity index (χ2v) is 11.6. The number of para-hydroxylation sites is 1. The number of thiophene rings is 1. The van der Waals surface area contributed by atoms with E-state index in [4.69, 9.17) is 14.5 Å². The summed E-state index contributed by atoms with van der Waals surface area (Å²) in [5.74, 6) is -0.172. The van der Waals surface area contributed by atoms with E-state index in [1.807, 2.05) is 17.5 Å². The second kappa shape index (κ2) is 11.8. The fourth-order valence-electron chi connectivity index (χ4n) is 4.56. The summed E-state index contributed by atoms with van der Waals surface area (Å²) in [5.41, 5.74) is 3.17. The van der Waals surface area contributed by atoms with Gasteiger partial charge in [0.05, 0.1) is 24.0 Å². The number of ether oxygens (including phenoxy) is 2. The van der Waals surface area contributed by atoms with Crippen LogP contribution in [0.25, 0.3) is 43.9 Å². The summed E-state index contributed by atoms with van der Waals surface area (Å²) >= 11 is 1.46. The molecule has 0 saturated carbocycles. The third kappa shape index (κ3) is 6.07. The summed E-state index contributed by atoms with van der Waals surface area (Å²) in [6, 6.07) is 14.4. The summed E-state index contributed by atoms with van der Waals surface area (Å²) in [6.07, 6.45) is -0.566. The van der Waals surface area contributed by atoms with Crippen molar-refractivity contribution < 1.29 is 28.9 Å². The number of H-pyrrole nitrogens is 1. The van der Waals surface area contributed by atoms with Crippen LogP contribution in [-0.2, 0) is 4.74 Å². The number of phenols is 1. The van der Waals surface area contributed by atoms with Crippen molar-refractivity contribution in [2.24, 2.45) is 0 Å². The van der Waals surface area contributed by atoms with Gasteiger partial charge >= 0.3 is 6.09 Å². The van der Waals surface area contributed by atoms with E-state index in [1.54, 1.807) is 58.0 Å². The van der Waals surface area contributed by atoms with Crippen LogP contribution in [-0.4, -0.2) is 50.3 Å². The number of hydrogen-bond acceptors (Lipinski definition) is 8. The minimum atomic E-state index is -0.651. The number of phenolic OH excluding ortho intramolecular Hbond substituents is 1.